The summed E-state index contributed by atoms with van der Waals surface area (Å²) in [4.78, 5) is 6.78. The Bertz CT molecular complexity index is 585. The van der Waals surface area contributed by atoms with Gasteiger partial charge in [0.15, 0.2) is 0 Å². The first-order valence-electron chi connectivity index (χ1n) is 7.89. The maximum atomic E-state index is 13.2. The van der Waals surface area contributed by atoms with Crippen LogP contribution in [0.15, 0.2) is 48.7 Å². The van der Waals surface area contributed by atoms with E-state index in [-0.39, 0.29) is 5.82 Å². The Hall–Kier alpha value is -1.94. The molecule has 1 saturated heterocycles. The SMILES string of the molecule is NCCC1CCN(c2ccccn2)CC1c1ccc(F)cc1. The van der Waals surface area contributed by atoms with Crippen LogP contribution in [0.2, 0.25) is 0 Å². The molecule has 3 nitrogen and oxygen atoms in total. The monoisotopic (exact) mass is 299 g/mol. The molecule has 22 heavy (non-hydrogen) atoms. The molecule has 2 atom stereocenters. The Morgan fingerprint density at radius 2 is 2.00 bits per heavy atom. The van der Waals surface area contributed by atoms with E-state index in [1.54, 1.807) is 12.1 Å². The van der Waals surface area contributed by atoms with Crippen molar-refractivity contribution in [2.45, 2.75) is 18.8 Å². The van der Waals surface area contributed by atoms with Gasteiger partial charge in [0.05, 0.1) is 0 Å². The number of nitrogens with zero attached hydrogens (tertiary/aromatic N) is 2. The van der Waals surface area contributed by atoms with Crippen LogP contribution >= 0.6 is 0 Å². The van der Waals surface area contributed by atoms with Gasteiger partial charge in [-0.15, -0.1) is 0 Å². The van der Waals surface area contributed by atoms with Gasteiger partial charge < -0.3 is 10.6 Å². The molecule has 2 aromatic rings. The van der Waals surface area contributed by atoms with Gasteiger partial charge in [0, 0.05) is 25.2 Å². The van der Waals surface area contributed by atoms with Crippen molar-refractivity contribution in [2.24, 2.45) is 11.7 Å². The van der Waals surface area contributed by atoms with E-state index in [2.05, 4.69) is 9.88 Å². The van der Waals surface area contributed by atoms with Crippen LogP contribution in [0.5, 0.6) is 0 Å². The highest BCUT2D eigenvalue weighted by Gasteiger charge is 2.30. The van der Waals surface area contributed by atoms with E-state index in [0.717, 1.165) is 31.7 Å². The highest BCUT2D eigenvalue weighted by Crippen LogP contribution is 2.35. The fourth-order valence-electron chi connectivity index (χ4n) is 3.40. The molecule has 1 aromatic carbocycles. The summed E-state index contributed by atoms with van der Waals surface area (Å²) in [5.74, 6) is 1.76. The zero-order valence-corrected chi connectivity index (χ0v) is 12.7. The number of aromatic nitrogens is 1. The highest BCUT2D eigenvalue weighted by molar-refractivity contribution is 5.40. The van der Waals surface area contributed by atoms with Crippen LogP contribution in [-0.4, -0.2) is 24.6 Å². The van der Waals surface area contributed by atoms with E-state index in [0.29, 0.717) is 18.4 Å². The second kappa shape index (κ2) is 6.88. The van der Waals surface area contributed by atoms with Crippen molar-refractivity contribution in [1.82, 2.24) is 4.98 Å². The van der Waals surface area contributed by atoms with Crippen molar-refractivity contribution in [1.29, 1.82) is 0 Å². The predicted octanol–water partition coefficient (Wildman–Crippen LogP) is 3.18. The molecular weight excluding hydrogens is 277 g/mol. The first-order valence-corrected chi connectivity index (χ1v) is 7.89. The van der Waals surface area contributed by atoms with Crippen LogP contribution in [-0.2, 0) is 0 Å². The summed E-state index contributed by atoms with van der Waals surface area (Å²) in [6.07, 6.45) is 3.93. The van der Waals surface area contributed by atoms with Gasteiger partial charge >= 0.3 is 0 Å². The molecule has 2 N–H and O–H groups in total. The third kappa shape index (κ3) is 3.28. The molecule has 0 aliphatic carbocycles. The van der Waals surface area contributed by atoms with Gasteiger partial charge in [-0.1, -0.05) is 18.2 Å². The Labute approximate surface area is 131 Å². The van der Waals surface area contributed by atoms with Crippen molar-refractivity contribution in [3.05, 3.63) is 60.0 Å². The number of nitrogens with two attached hydrogens (primary N) is 1. The fourth-order valence-corrected chi connectivity index (χ4v) is 3.40. The number of halogens is 1. The third-order valence-electron chi connectivity index (χ3n) is 4.56. The third-order valence-corrected chi connectivity index (χ3v) is 4.56. The van der Waals surface area contributed by atoms with E-state index >= 15 is 0 Å². The Balaban J connectivity index is 1.83. The molecule has 3 rings (SSSR count). The maximum absolute atomic E-state index is 13.2. The molecule has 0 spiro atoms. The molecule has 0 bridgehead atoms. The van der Waals surface area contributed by atoms with E-state index < -0.39 is 0 Å². The van der Waals surface area contributed by atoms with Gasteiger partial charge in [-0.05, 0) is 55.1 Å². The van der Waals surface area contributed by atoms with E-state index in [1.165, 1.54) is 5.56 Å². The largest absolute Gasteiger partial charge is 0.356 e. The molecule has 0 saturated carbocycles. The molecule has 0 amide bonds. The molecule has 1 aliphatic rings. The molecule has 1 aliphatic heterocycles. The maximum Gasteiger partial charge on any atom is 0.128 e. The molecule has 1 aromatic heterocycles. The minimum absolute atomic E-state index is 0.184. The lowest BCUT2D eigenvalue weighted by molar-refractivity contribution is 0.334. The van der Waals surface area contributed by atoms with Crippen LogP contribution in [0.4, 0.5) is 10.2 Å². The number of anilines is 1. The normalized spacial score (nSPS) is 21.8. The molecule has 1 fully saturated rings. The van der Waals surface area contributed by atoms with Gasteiger partial charge in [-0.3, -0.25) is 0 Å². The first kappa shape index (κ1) is 15.0. The van der Waals surface area contributed by atoms with E-state index in [1.807, 2.05) is 36.5 Å². The van der Waals surface area contributed by atoms with Crippen molar-refractivity contribution >= 4 is 5.82 Å². The van der Waals surface area contributed by atoms with Crippen LogP contribution in [0.1, 0.15) is 24.3 Å². The molecule has 4 heteroatoms. The number of pyridine rings is 1. The van der Waals surface area contributed by atoms with Crippen LogP contribution in [0.25, 0.3) is 0 Å². The van der Waals surface area contributed by atoms with Gasteiger partial charge in [-0.25, -0.2) is 9.37 Å². The number of rotatable bonds is 4. The number of hydrogen-bond acceptors (Lipinski definition) is 3. The van der Waals surface area contributed by atoms with Crippen LogP contribution in [0, 0.1) is 11.7 Å². The summed E-state index contributed by atoms with van der Waals surface area (Å²) in [6.45, 7) is 2.61. The van der Waals surface area contributed by atoms with E-state index in [4.69, 9.17) is 5.73 Å². The quantitative estimate of drug-likeness (QED) is 0.943. The van der Waals surface area contributed by atoms with Crippen molar-refractivity contribution < 1.29 is 4.39 Å². The summed E-state index contributed by atoms with van der Waals surface area (Å²) in [5, 5.41) is 0. The Morgan fingerprint density at radius 1 is 1.18 bits per heavy atom. The summed E-state index contributed by atoms with van der Waals surface area (Å²) in [5.41, 5.74) is 6.98. The summed E-state index contributed by atoms with van der Waals surface area (Å²) in [6, 6.07) is 12.9. The minimum atomic E-state index is -0.184. The lowest BCUT2D eigenvalue weighted by Gasteiger charge is -2.39. The molecule has 0 radical (unpaired) electrons. The van der Waals surface area contributed by atoms with Crippen LogP contribution < -0.4 is 10.6 Å². The number of hydrogen-bond donors (Lipinski definition) is 1. The van der Waals surface area contributed by atoms with Gasteiger partial charge in [0.25, 0.3) is 0 Å². The summed E-state index contributed by atoms with van der Waals surface area (Å²) in [7, 11) is 0. The Kier molecular flexibility index (Phi) is 4.68. The molecule has 2 unspecified atom stereocenters. The Morgan fingerprint density at radius 3 is 2.68 bits per heavy atom. The fraction of sp³-hybridized carbons (Fsp3) is 0.389. The average Bonchev–Trinajstić information content (AvgIpc) is 2.57. The summed E-state index contributed by atoms with van der Waals surface area (Å²) < 4.78 is 13.2. The van der Waals surface area contributed by atoms with Crippen LogP contribution in [0.3, 0.4) is 0 Å². The molecular formula is C18H22FN3. The van der Waals surface area contributed by atoms with Crippen molar-refractivity contribution in [3.8, 4) is 0 Å². The summed E-state index contributed by atoms with van der Waals surface area (Å²) >= 11 is 0. The standard InChI is InChI=1S/C18H22FN3/c19-16-6-4-14(5-7-16)17-13-22(12-9-15(17)8-10-20)18-3-1-2-11-21-18/h1-7,11,15,17H,8-10,12-13,20H2. The van der Waals surface area contributed by atoms with Gasteiger partial charge in [0.2, 0.25) is 0 Å². The minimum Gasteiger partial charge on any atom is -0.356 e. The zero-order valence-electron chi connectivity index (χ0n) is 12.7. The lowest BCUT2D eigenvalue weighted by Crippen LogP contribution is -2.40. The predicted molar refractivity (Wildman–Crippen MR) is 87.4 cm³/mol. The van der Waals surface area contributed by atoms with Crippen molar-refractivity contribution in [2.75, 3.05) is 24.5 Å². The zero-order chi connectivity index (χ0) is 15.4. The van der Waals surface area contributed by atoms with Gasteiger partial charge in [0.1, 0.15) is 11.6 Å². The smallest absolute Gasteiger partial charge is 0.128 e. The highest BCUT2D eigenvalue weighted by atomic mass is 19.1. The van der Waals surface area contributed by atoms with Crippen molar-refractivity contribution in [3.63, 3.8) is 0 Å². The lowest BCUT2D eigenvalue weighted by atomic mass is 9.79. The first-order chi connectivity index (χ1) is 10.8. The second-order valence-corrected chi connectivity index (χ2v) is 5.92. The molecule has 2 heterocycles. The topological polar surface area (TPSA) is 42.1 Å². The van der Waals surface area contributed by atoms with Gasteiger partial charge in [-0.2, -0.15) is 0 Å². The average molecular weight is 299 g/mol. The second-order valence-electron chi connectivity index (χ2n) is 5.92. The number of benzene rings is 1. The number of piperidine rings is 1. The molecule has 116 valence electrons. The van der Waals surface area contributed by atoms with E-state index in [9.17, 15) is 4.39 Å².